The van der Waals surface area contributed by atoms with Crippen LogP contribution in [-0.2, 0) is 4.79 Å². The lowest BCUT2D eigenvalue weighted by atomic mass is 10.0. The Balaban J connectivity index is 1.91. The van der Waals surface area contributed by atoms with Gasteiger partial charge in [0.25, 0.3) is 0 Å². The van der Waals surface area contributed by atoms with Crippen molar-refractivity contribution in [1.29, 1.82) is 0 Å². The third-order valence-corrected chi connectivity index (χ3v) is 4.06. The summed E-state index contributed by atoms with van der Waals surface area (Å²) in [5.41, 5.74) is 0. The minimum absolute atomic E-state index is 0.184. The first-order valence-electron chi connectivity index (χ1n) is 8.24. The average molecular weight is 305 g/mol. The highest BCUT2D eigenvalue weighted by molar-refractivity contribution is 5.72. The highest BCUT2D eigenvalue weighted by atomic mass is 16.5. The molecule has 2 rings (SSSR count). The highest BCUT2D eigenvalue weighted by Gasteiger charge is 2.23. The van der Waals surface area contributed by atoms with Gasteiger partial charge in [-0.3, -0.25) is 4.79 Å². The molecule has 2 atom stereocenters. The predicted octanol–water partition coefficient (Wildman–Crippen LogP) is 3.50. The van der Waals surface area contributed by atoms with E-state index in [2.05, 4.69) is 18.9 Å². The van der Waals surface area contributed by atoms with E-state index in [1.807, 2.05) is 19.1 Å². The van der Waals surface area contributed by atoms with Gasteiger partial charge in [0, 0.05) is 18.9 Å². The van der Waals surface area contributed by atoms with E-state index in [1.165, 1.54) is 0 Å². The standard InChI is InChI=1S/C18H27NO3/c1-4-6-18(20)22-16-10-8-15(9-11-16)21-17-7-5-12-19(3)13-14(17)2/h8-11,14,17H,4-7,12-13H2,1-3H3. The van der Waals surface area contributed by atoms with Crippen molar-refractivity contribution in [2.75, 3.05) is 20.1 Å². The first kappa shape index (κ1) is 16.8. The molecule has 1 aliphatic heterocycles. The van der Waals surface area contributed by atoms with Gasteiger partial charge >= 0.3 is 5.97 Å². The number of rotatable bonds is 5. The molecule has 0 spiro atoms. The second-order valence-electron chi connectivity index (χ2n) is 6.23. The van der Waals surface area contributed by atoms with Crippen LogP contribution in [0.2, 0.25) is 0 Å². The fraction of sp³-hybridized carbons (Fsp3) is 0.611. The van der Waals surface area contributed by atoms with Crippen molar-refractivity contribution in [3.63, 3.8) is 0 Å². The van der Waals surface area contributed by atoms with Crippen LogP contribution in [0, 0.1) is 5.92 Å². The van der Waals surface area contributed by atoms with Crippen LogP contribution in [0.5, 0.6) is 11.5 Å². The third-order valence-electron chi connectivity index (χ3n) is 4.06. The number of benzene rings is 1. The molecule has 1 fully saturated rings. The molecule has 1 aliphatic rings. The Kier molecular flexibility index (Phi) is 6.25. The second-order valence-corrected chi connectivity index (χ2v) is 6.23. The van der Waals surface area contributed by atoms with Crippen LogP contribution in [0.1, 0.15) is 39.5 Å². The van der Waals surface area contributed by atoms with Crippen LogP contribution >= 0.6 is 0 Å². The Hall–Kier alpha value is -1.55. The maximum atomic E-state index is 11.5. The molecule has 1 aromatic carbocycles. The normalized spacial score (nSPS) is 22.9. The van der Waals surface area contributed by atoms with Crippen molar-refractivity contribution >= 4 is 5.97 Å². The second kappa shape index (κ2) is 8.18. The van der Waals surface area contributed by atoms with Gasteiger partial charge in [-0.2, -0.15) is 0 Å². The minimum Gasteiger partial charge on any atom is -0.490 e. The van der Waals surface area contributed by atoms with Crippen molar-refractivity contribution in [1.82, 2.24) is 4.90 Å². The zero-order valence-electron chi connectivity index (χ0n) is 13.9. The lowest BCUT2D eigenvalue weighted by Gasteiger charge is -2.24. The number of ether oxygens (including phenoxy) is 2. The summed E-state index contributed by atoms with van der Waals surface area (Å²) < 4.78 is 11.4. The molecule has 0 aromatic heterocycles. The monoisotopic (exact) mass is 305 g/mol. The molecule has 122 valence electrons. The van der Waals surface area contributed by atoms with Crippen LogP contribution in [0.25, 0.3) is 0 Å². The molecule has 0 N–H and O–H groups in total. The van der Waals surface area contributed by atoms with Gasteiger partial charge in [-0.05, 0) is 57.1 Å². The van der Waals surface area contributed by atoms with Gasteiger partial charge in [0.1, 0.15) is 17.6 Å². The fourth-order valence-electron chi connectivity index (χ4n) is 2.87. The Bertz CT molecular complexity index is 472. The molecule has 0 bridgehead atoms. The van der Waals surface area contributed by atoms with Gasteiger partial charge in [0.2, 0.25) is 0 Å². The lowest BCUT2D eigenvalue weighted by molar-refractivity contribution is -0.134. The minimum atomic E-state index is -0.184. The molecular formula is C18H27NO3. The zero-order chi connectivity index (χ0) is 15.9. The van der Waals surface area contributed by atoms with Crippen molar-refractivity contribution in [2.45, 2.75) is 45.6 Å². The van der Waals surface area contributed by atoms with E-state index in [0.717, 1.165) is 38.1 Å². The fourth-order valence-corrected chi connectivity index (χ4v) is 2.87. The molecule has 0 amide bonds. The molecule has 2 unspecified atom stereocenters. The van der Waals surface area contributed by atoms with E-state index in [0.29, 0.717) is 18.1 Å². The molecule has 1 saturated heterocycles. The molecule has 1 heterocycles. The van der Waals surface area contributed by atoms with Crippen molar-refractivity contribution in [2.24, 2.45) is 5.92 Å². The van der Waals surface area contributed by atoms with Gasteiger partial charge in [-0.15, -0.1) is 0 Å². The first-order valence-corrected chi connectivity index (χ1v) is 8.24. The summed E-state index contributed by atoms with van der Waals surface area (Å²) in [4.78, 5) is 13.8. The Morgan fingerprint density at radius 2 is 1.95 bits per heavy atom. The number of likely N-dealkylation sites (tertiary alicyclic amines) is 1. The van der Waals surface area contributed by atoms with Crippen LogP contribution in [-0.4, -0.2) is 37.1 Å². The first-order chi connectivity index (χ1) is 10.6. The topological polar surface area (TPSA) is 38.8 Å². The van der Waals surface area contributed by atoms with E-state index in [4.69, 9.17) is 9.47 Å². The van der Waals surface area contributed by atoms with E-state index in [1.54, 1.807) is 12.1 Å². The molecule has 22 heavy (non-hydrogen) atoms. The van der Waals surface area contributed by atoms with Gasteiger partial charge in [0.15, 0.2) is 0 Å². The number of hydrogen-bond donors (Lipinski definition) is 0. The molecule has 0 saturated carbocycles. The number of carbonyl (C=O) groups is 1. The summed E-state index contributed by atoms with van der Waals surface area (Å²) >= 11 is 0. The summed E-state index contributed by atoms with van der Waals surface area (Å²) in [6.45, 7) is 6.41. The molecule has 1 aromatic rings. The maximum Gasteiger partial charge on any atom is 0.311 e. The van der Waals surface area contributed by atoms with Gasteiger partial charge in [-0.1, -0.05) is 13.8 Å². The SMILES string of the molecule is CCCC(=O)Oc1ccc(OC2CCCN(C)CC2C)cc1. The number of esters is 1. The molecule has 0 aliphatic carbocycles. The molecule has 4 heteroatoms. The number of carbonyl (C=O) groups excluding carboxylic acids is 1. The Morgan fingerprint density at radius 3 is 2.64 bits per heavy atom. The van der Waals surface area contributed by atoms with Crippen molar-refractivity contribution in [3.05, 3.63) is 24.3 Å². The number of nitrogens with zero attached hydrogens (tertiary/aromatic N) is 1. The van der Waals surface area contributed by atoms with Crippen LogP contribution < -0.4 is 9.47 Å². The summed E-state index contributed by atoms with van der Waals surface area (Å²) in [6, 6.07) is 7.37. The van der Waals surface area contributed by atoms with E-state index >= 15 is 0 Å². The maximum absolute atomic E-state index is 11.5. The third kappa shape index (κ3) is 5.02. The average Bonchev–Trinajstić information content (AvgIpc) is 2.62. The van der Waals surface area contributed by atoms with Crippen LogP contribution in [0.15, 0.2) is 24.3 Å². The quantitative estimate of drug-likeness (QED) is 0.616. The van der Waals surface area contributed by atoms with Gasteiger partial charge in [0.05, 0.1) is 0 Å². The molecule has 4 nitrogen and oxygen atoms in total. The van der Waals surface area contributed by atoms with Gasteiger partial charge in [-0.25, -0.2) is 0 Å². The van der Waals surface area contributed by atoms with E-state index in [9.17, 15) is 4.79 Å². The summed E-state index contributed by atoms with van der Waals surface area (Å²) in [6.07, 6.45) is 3.74. The van der Waals surface area contributed by atoms with Crippen LogP contribution in [0.4, 0.5) is 0 Å². The summed E-state index contributed by atoms with van der Waals surface area (Å²) in [7, 11) is 2.17. The van der Waals surface area contributed by atoms with Gasteiger partial charge < -0.3 is 14.4 Å². The van der Waals surface area contributed by atoms with E-state index < -0.39 is 0 Å². The molecule has 0 radical (unpaired) electrons. The zero-order valence-corrected chi connectivity index (χ0v) is 13.9. The largest absolute Gasteiger partial charge is 0.490 e. The molecular weight excluding hydrogens is 278 g/mol. The van der Waals surface area contributed by atoms with Crippen molar-refractivity contribution < 1.29 is 14.3 Å². The number of hydrogen-bond acceptors (Lipinski definition) is 4. The van der Waals surface area contributed by atoms with Crippen molar-refractivity contribution in [3.8, 4) is 11.5 Å². The highest BCUT2D eigenvalue weighted by Crippen LogP contribution is 2.24. The van der Waals surface area contributed by atoms with Crippen LogP contribution in [0.3, 0.4) is 0 Å². The van der Waals surface area contributed by atoms with E-state index in [-0.39, 0.29) is 12.1 Å². The predicted molar refractivity (Wildman–Crippen MR) is 87.3 cm³/mol. The summed E-state index contributed by atoms with van der Waals surface area (Å²) in [5, 5.41) is 0. The Morgan fingerprint density at radius 1 is 1.27 bits per heavy atom. The summed E-state index contributed by atoms with van der Waals surface area (Å²) in [5.74, 6) is 1.75. The Labute approximate surface area is 133 Å². The lowest BCUT2D eigenvalue weighted by Crippen LogP contribution is -2.30. The smallest absolute Gasteiger partial charge is 0.311 e.